The second-order valence-corrected chi connectivity index (χ2v) is 4.54. The highest BCUT2D eigenvalue weighted by Crippen LogP contribution is 2.38. The zero-order valence-corrected chi connectivity index (χ0v) is 8.79. The number of hydrogen-bond acceptors (Lipinski definition) is 2. The number of anilines is 1. The molecular weight excluding hydrogens is 188 g/mol. The summed E-state index contributed by atoms with van der Waals surface area (Å²) in [7, 11) is 0. The van der Waals surface area contributed by atoms with Crippen LogP contribution in [-0.2, 0) is 11.3 Å². The van der Waals surface area contributed by atoms with Gasteiger partial charge >= 0.3 is 0 Å². The largest absolute Gasteiger partial charge is 0.363 e. The van der Waals surface area contributed by atoms with Gasteiger partial charge in [-0.1, -0.05) is 18.2 Å². The normalized spacial score (nSPS) is 28.3. The van der Waals surface area contributed by atoms with E-state index in [2.05, 4.69) is 24.4 Å². The second-order valence-electron chi connectivity index (χ2n) is 4.54. The van der Waals surface area contributed by atoms with Gasteiger partial charge in [0.15, 0.2) is 0 Å². The molecule has 78 valence electrons. The molecular formula is C12H14N2O. The lowest BCUT2D eigenvalue weighted by Crippen LogP contribution is -2.51. The van der Waals surface area contributed by atoms with E-state index in [0.29, 0.717) is 6.42 Å². The Bertz CT molecular complexity index is 429. The second kappa shape index (κ2) is 2.75. The predicted molar refractivity (Wildman–Crippen MR) is 58.3 cm³/mol. The zero-order chi connectivity index (χ0) is 10.5. The first-order valence-electron chi connectivity index (χ1n) is 5.36. The van der Waals surface area contributed by atoms with Crippen molar-refractivity contribution in [2.75, 3.05) is 5.32 Å². The molecule has 1 saturated heterocycles. The van der Waals surface area contributed by atoms with Crippen LogP contribution in [-0.4, -0.2) is 16.5 Å². The van der Waals surface area contributed by atoms with E-state index in [-0.39, 0.29) is 11.6 Å². The zero-order valence-electron chi connectivity index (χ0n) is 8.79. The Morgan fingerprint density at radius 2 is 2.20 bits per heavy atom. The van der Waals surface area contributed by atoms with Gasteiger partial charge in [-0.15, -0.1) is 0 Å². The van der Waals surface area contributed by atoms with Crippen molar-refractivity contribution in [1.82, 2.24) is 4.90 Å². The van der Waals surface area contributed by atoms with Crippen molar-refractivity contribution in [3.63, 3.8) is 0 Å². The van der Waals surface area contributed by atoms with Crippen LogP contribution in [0.2, 0.25) is 0 Å². The number of nitrogens with zero attached hydrogens (tertiary/aromatic N) is 1. The fourth-order valence-corrected chi connectivity index (χ4v) is 2.53. The molecule has 1 fully saturated rings. The molecule has 0 aromatic heterocycles. The van der Waals surface area contributed by atoms with Gasteiger partial charge in [0.2, 0.25) is 5.91 Å². The van der Waals surface area contributed by atoms with Gasteiger partial charge in [-0.3, -0.25) is 4.79 Å². The lowest BCUT2D eigenvalue weighted by Gasteiger charge is -2.41. The van der Waals surface area contributed by atoms with Gasteiger partial charge in [-0.2, -0.15) is 0 Å². The Balaban J connectivity index is 2.05. The molecule has 0 spiro atoms. The van der Waals surface area contributed by atoms with Crippen molar-refractivity contribution in [2.45, 2.75) is 32.0 Å². The molecule has 15 heavy (non-hydrogen) atoms. The van der Waals surface area contributed by atoms with Gasteiger partial charge in [0.1, 0.15) is 5.66 Å². The maximum absolute atomic E-state index is 11.7. The number of carbonyl (C=O) groups excluding carboxylic acids is 1. The summed E-state index contributed by atoms with van der Waals surface area (Å²) in [5.74, 6) is 0.263. The highest BCUT2D eigenvalue weighted by molar-refractivity contribution is 5.81. The molecule has 0 radical (unpaired) electrons. The summed E-state index contributed by atoms with van der Waals surface area (Å²) in [5.41, 5.74) is 2.22. The number of benzene rings is 1. The lowest BCUT2D eigenvalue weighted by molar-refractivity contribution is -0.131. The topological polar surface area (TPSA) is 32.3 Å². The van der Waals surface area contributed by atoms with Crippen LogP contribution < -0.4 is 5.32 Å². The minimum atomic E-state index is -0.161. The molecule has 1 aromatic rings. The molecule has 1 aromatic carbocycles. The lowest BCUT2D eigenvalue weighted by atomic mass is 10.0. The first-order valence-corrected chi connectivity index (χ1v) is 5.36. The highest BCUT2D eigenvalue weighted by atomic mass is 16.2. The predicted octanol–water partition coefficient (Wildman–Crippen LogP) is 1.95. The molecule has 0 unspecified atom stereocenters. The number of para-hydroxylation sites is 1. The van der Waals surface area contributed by atoms with E-state index in [9.17, 15) is 4.79 Å². The number of rotatable bonds is 0. The molecule has 2 aliphatic heterocycles. The van der Waals surface area contributed by atoms with Crippen LogP contribution in [0.25, 0.3) is 0 Å². The molecule has 0 aliphatic carbocycles. The maximum atomic E-state index is 11.7. The summed E-state index contributed by atoms with van der Waals surface area (Å²) in [5, 5.41) is 3.47. The molecule has 0 bridgehead atoms. The number of carbonyl (C=O) groups is 1. The standard InChI is InChI=1S/C12H14N2O/c1-12-7-6-11(15)14(12)8-9-4-2-3-5-10(9)13-12/h2-5,13H,6-8H2,1H3/t12-/m0/s1. The molecule has 1 amide bonds. The molecule has 3 heteroatoms. The van der Waals surface area contributed by atoms with Gasteiger partial charge in [-0.25, -0.2) is 0 Å². The number of amides is 1. The first kappa shape index (κ1) is 8.77. The Labute approximate surface area is 89.1 Å². The molecule has 1 N–H and O–H groups in total. The van der Waals surface area contributed by atoms with E-state index in [1.165, 1.54) is 11.3 Å². The summed E-state index contributed by atoms with van der Waals surface area (Å²) in [6.07, 6.45) is 1.57. The van der Waals surface area contributed by atoms with Crippen molar-refractivity contribution in [3.05, 3.63) is 29.8 Å². The Morgan fingerprint density at radius 3 is 3.07 bits per heavy atom. The van der Waals surface area contributed by atoms with Gasteiger partial charge in [0.05, 0.1) is 0 Å². The molecule has 2 heterocycles. The monoisotopic (exact) mass is 202 g/mol. The van der Waals surface area contributed by atoms with Crippen LogP contribution in [0.15, 0.2) is 24.3 Å². The Kier molecular flexibility index (Phi) is 1.61. The van der Waals surface area contributed by atoms with Gasteiger partial charge in [0, 0.05) is 18.7 Å². The van der Waals surface area contributed by atoms with Crippen LogP contribution in [0.4, 0.5) is 5.69 Å². The van der Waals surface area contributed by atoms with Crippen LogP contribution in [0, 0.1) is 0 Å². The van der Waals surface area contributed by atoms with Crippen LogP contribution in [0.1, 0.15) is 25.3 Å². The van der Waals surface area contributed by atoms with Gasteiger partial charge < -0.3 is 10.2 Å². The van der Waals surface area contributed by atoms with Gasteiger partial charge in [-0.05, 0) is 25.0 Å². The minimum absolute atomic E-state index is 0.161. The maximum Gasteiger partial charge on any atom is 0.224 e. The van der Waals surface area contributed by atoms with E-state index in [1.54, 1.807) is 0 Å². The molecule has 1 atom stereocenters. The quantitative estimate of drug-likeness (QED) is 0.697. The third-order valence-corrected chi connectivity index (χ3v) is 3.47. The number of fused-ring (bicyclic) bond motifs is 2. The van der Waals surface area contributed by atoms with Crippen molar-refractivity contribution < 1.29 is 4.79 Å². The summed E-state index contributed by atoms with van der Waals surface area (Å²) in [6.45, 7) is 2.85. The summed E-state index contributed by atoms with van der Waals surface area (Å²) in [6, 6.07) is 8.21. The van der Waals surface area contributed by atoms with E-state index < -0.39 is 0 Å². The average Bonchev–Trinajstić information content (AvgIpc) is 2.52. The molecule has 0 saturated carbocycles. The third-order valence-electron chi connectivity index (χ3n) is 3.47. The SMILES string of the molecule is C[C@@]12CCC(=O)N1Cc1ccccc1N2. The van der Waals surface area contributed by atoms with E-state index >= 15 is 0 Å². The fraction of sp³-hybridized carbons (Fsp3) is 0.417. The molecule has 3 rings (SSSR count). The Hall–Kier alpha value is -1.51. The third kappa shape index (κ3) is 1.16. The van der Waals surface area contributed by atoms with Crippen molar-refractivity contribution >= 4 is 11.6 Å². The van der Waals surface area contributed by atoms with Crippen molar-refractivity contribution in [1.29, 1.82) is 0 Å². The van der Waals surface area contributed by atoms with Crippen LogP contribution in [0.5, 0.6) is 0 Å². The average molecular weight is 202 g/mol. The summed E-state index contributed by atoms with van der Waals surface area (Å²) < 4.78 is 0. The van der Waals surface area contributed by atoms with Crippen molar-refractivity contribution in [2.24, 2.45) is 0 Å². The van der Waals surface area contributed by atoms with Crippen molar-refractivity contribution in [3.8, 4) is 0 Å². The smallest absolute Gasteiger partial charge is 0.224 e. The molecule has 2 aliphatic rings. The number of hydrogen-bond donors (Lipinski definition) is 1. The van der Waals surface area contributed by atoms with E-state index in [1.807, 2.05) is 17.0 Å². The van der Waals surface area contributed by atoms with E-state index in [4.69, 9.17) is 0 Å². The Morgan fingerprint density at radius 1 is 1.40 bits per heavy atom. The van der Waals surface area contributed by atoms with E-state index in [0.717, 1.165) is 13.0 Å². The highest BCUT2D eigenvalue weighted by Gasteiger charge is 2.44. The van der Waals surface area contributed by atoms with Gasteiger partial charge in [0.25, 0.3) is 0 Å². The fourth-order valence-electron chi connectivity index (χ4n) is 2.53. The summed E-state index contributed by atoms with van der Waals surface area (Å²) in [4.78, 5) is 13.7. The number of nitrogens with one attached hydrogen (secondary N) is 1. The first-order chi connectivity index (χ1) is 7.19. The van der Waals surface area contributed by atoms with Crippen LogP contribution in [0.3, 0.4) is 0 Å². The minimum Gasteiger partial charge on any atom is -0.363 e. The van der Waals surface area contributed by atoms with Crippen LogP contribution >= 0.6 is 0 Å². The summed E-state index contributed by atoms with van der Waals surface area (Å²) >= 11 is 0. The molecule has 3 nitrogen and oxygen atoms in total.